The highest BCUT2D eigenvalue weighted by Gasteiger charge is 2.15. The SMILES string of the molecule is CCOc1ccc(C(=NO)c2ccc(Nc3ccc(Br)cc3C)cc2Cl)c(C)c1. The van der Waals surface area contributed by atoms with Gasteiger partial charge in [0.05, 0.1) is 11.6 Å². The molecule has 2 N–H and O–H groups in total. The van der Waals surface area contributed by atoms with Crippen LogP contribution in [-0.2, 0) is 0 Å². The Morgan fingerprint density at radius 1 is 1.03 bits per heavy atom. The van der Waals surface area contributed by atoms with Gasteiger partial charge in [-0.25, -0.2) is 0 Å². The summed E-state index contributed by atoms with van der Waals surface area (Å²) in [7, 11) is 0. The first kappa shape index (κ1) is 21.2. The van der Waals surface area contributed by atoms with Crippen LogP contribution in [0, 0.1) is 13.8 Å². The molecule has 3 rings (SSSR count). The first-order chi connectivity index (χ1) is 13.9. The third-order valence-corrected chi connectivity index (χ3v) is 5.36. The molecule has 0 aromatic heterocycles. The summed E-state index contributed by atoms with van der Waals surface area (Å²) < 4.78 is 6.57. The van der Waals surface area contributed by atoms with Gasteiger partial charge in [-0.3, -0.25) is 0 Å². The van der Waals surface area contributed by atoms with E-state index in [2.05, 4.69) is 26.4 Å². The maximum Gasteiger partial charge on any atom is 0.119 e. The van der Waals surface area contributed by atoms with Gasteiger partial charge < -0.3 is 15.3 Å². The highest BCUT2D eigenvalue weighted by Crippen LogP contribution is 2.29. The molecule has 0 aliphatic carbocycles. The fourth-order valence-corrected chi connectivity index (χ4v) is 3.86. The maximum atomic E-state index is 9.70. The van der Waals surface area contributed by atoms with Crippen molar-refractivity contribution in [2.24, 2.45) is 5.16 Å². The maximum absolute atomic E-state index is 9.70. The Morgan fingerprint density at radius 2 is 1.79 bits per heavy atom. The number of rotatable bonds is 6. The molecule has 0 spiro atoms. The van der Waals surface area contributed by atoms with E-state index in [-0.39, 0.29) is 0 Å². The molecule has 3 aromatic carbocycles. The predicted molar refractivity (Wildman–Crippen MR) is 123 cm³/mol. The zero-order chi connectivity index (χ0) is 21.0. The lowest BCUT2D eigenvalue weighted by Gasteiger charge is -2.14. The largest absolute Gasteiger partial charge is 0.494 e. The van der Waals surface area contributed by atoms with E-state index >= 15 is 0 Å². The molecule has 29 heavy (non-hydrogen) atoms. The Balaban J connectivity index is 1.90. The highest BCUT2D eigenvalue weighted by molar-refractivity contribution is 9.10. The molecule has 0 saturated carbocycles. The molecule has 6 heteroatoms. The van der Waals surface area contributed by atoms with Crippen LogP contribution in [0.3, 0.4) is 0 Å². The summed E-state index contributed by atoms with van der Waals surface area (Å²) in [5.74, 6) is 0.779. The summed E-state index contributed by atoms with van der Waals surface area (Å²) in [5, 5.41) is 17.1. The third kappa shape index (κ3) is 4.92. The van der Waals surface area contributed by atoms with Gasteiger partial charge in [-0.15, -0.1) is 0 Å². The fraction of sp³-hybridized carbons (Fsp3) is 0.174. The Labute approximate surface area is 184 Å². The molecule has 0 radical (unpaired) electrons. The van der Waals surface area contributed by atoms with Crippen LogP contribution in [0.1, 0.15) is 29.2 Å². The van der Waals surface area contributed by atoms with Crippen molar-refractivity contribution in [3.63, 3.8) is 0 Å². The van der Waals surface area contributed by atoms with Crippen LogP contribution >= 0.6 is 27.5 Å². The Hall–Kier alpha value is -2.50. The Morgan fingerprint density at radius 3 is 2.41 bits per heavy atom. The van der Waals surface area contributed by atoms with Gasteiger partial charge in [0.15, 0.2) is 0 Å². The lowest BCUT2D eigenvalue weighted by molar-refractivity contribution is 0.319. The average Bonchev–Trinajstić information content (AvgIpc) is 2.68. The van der Waals surface area contributed by atoms with Crippen LogP contribution < -0.4 is 10.1 Å². The summed E-state index contributed by atoms with van der Waals surface area (Å²) in [6, 6.07) is 17.3. The van der Waals surface area contributed by atoms with Crippen LogP contribution in [0.2, 0.25) is 5.02 Å². The van der Waals surface area contributed by atoms with E-state index in [1.165, 1.54) is 0 Å². The second-order valence-corrected chi connectivity index (χ2v) is 7.96. The smallest absolute Gasteiger partial charge is 0.119 e. The van der Waals surface area contributed by atoms with Crippen LogP contribution in [0.15, 0.2) is 64.2 Å². The summed E-state index contributed by atoms with van der Waals surface area (Å²) >= 11 is 10.0. The van der Waals surface area contributed by atoms with Gasteiger partial charge in [0, 0.05) is 27.0 Å². The summed E-state index contributed by atoms with van der Waals surface area (Å²) in [6.45, 7) is 6.52. The lowest BCUT2D eigenvalue weighted by atomic mass is 9.97. The van der Waals surface area contributed by atoms with Crippen molar-refractivity contribution in [3.8, 4) is 5.75 Å². The molecule has 0 unspecified atom stereocenters. The second-order valence-electron chi connectivity index (χ2n) is 6.64. The van der Waals surface area contributed by atoms with E-state index < -0.39 is 0 Å². The topological polar surface area (TPSA) is 53.9 Å². The number of aryl methyl sites for hydroxylation is 2. The number of nitrogens with one attached hydrogen (secondary N) is 1. The average molecular weight is 474 g/mol. The molecule has 0 heterocycles. The summed E-state index contributed by atoms with van der Waals surface area (Å²) in [6.07, 6.45) is 0. The molecule has 0 saturated heterocycles. The van der Waals surface area contributed by atoms with Crippen molar-refractivity contribution in [1.82, 2.24) is 0 Å². The minimum absolute atomic E-state index is 0.418. The standard InChI is InChI=1S/C23H22BrClN2O2/c1-4-29-18-7-9-19(14(2)12-18)23(27-28)20-8-6-17(13-21(20)25)26-22-10-5-16(24)11-15(22)3/h5-13,26,28H,4H2,1-3H3. The number of hydrogen-bond acceptors (Lipinski definition) is 4. The van der Waals surface area contributed by atoms with Crippen molar-refractivity contribution in [2.45, 2.75) is 20.8 Å². The number of ether oxygens (including phenoxy) is 1. The van der Waals surface area contributed by atoms with E-state index in [1.807, 2.05) is 75.4 Å². The molecule has 0 aliphatic rings. The number of anilines is 2. The minimum atomic E-state index is 0.418. The minimum Gasteiger partial charge on any atom is -0.494 e. The lowest BCUT2D eigenvalue weighted by Crippen LogP contribution is -2.07. The van der Waals surface area contributed by atoms with Gasteiger partial charge in [0.1, 0.15) is 11.5 Å². The monoisotopic (exact) mass is 472 g/mol. The van der Waals surface area contributed by atoms with Crippen molar-refractivity contribution < 1.29 is 9.94 Å². The fourth-order valence-electron chi connectivity index (χ4n) is 3.12. The van der Waals surface area contributed by atoms with E-state index in [4.69, 9.17) is 16.3 Å². The van der Waals surface area contributed by atoms with E-state index in [0.29, 0.717) is 22.9 Å². The Kier molecular flexibility index (Phi) is 6.83. The van der Waals surface area contributed by atoms with E-state index in [1.54, 1.807) is 0 Å². The van der Waals surface area contributed by atoms with E-state index in [0.717, 1.165) is 38.3 Å². The molecule has 0 aliphatic heterocycles. The van der Waals surface area contributed by atoms with Gasteiger partial charge in [0.2, 0.25) is 0 Å². The highest BCUT2D eigenvalue weighted by atomic mass is 79.9. The zero-order valence-electron chi connectivity index (χ0n) is 16.5. The molecular weight excluding hydrogens is 452 g/mol. The summed E-state index contributed by atoms with van der Waals surface area (Å²) in [5.41, 5.74) is 5.76. The van der Waals surface area contributed by atoms with Gasteiger partial charge in [-0.1, -0.05) is 32.7 Å². The van der Waals surface area contributed by atoms with Crippen molar-refractivity contribution >= 4 is 44.6 Å². The molecule has 3 aromatic rings. The van der Waals surface area contributed by atoms with Gasteiger partial charge in [-0.2, -0.15) is 0 Å². The first-order valence-corrected chi connectivity index (χ1v) is 10.4. The van der Waals surface area contributed by atoms with Gasteiger partial charge in [-0.05, 0) is 86.5 Å². The van der Waals surface area contributed by atoms with Gasteiger partial charge in [0.25, 0.3) is 0 Å². The molecular formula is C23H22BrClN2O2. The molecule has 0 amide bonds. The van der Waals surface area contributed by atoms with Crippen LogP contribution in [-0.4, -0.2) is 17.5 Å². The number of halogens is 2. The quantitative estimate of drug-likeness (QED) is 0.228. The number of nitrogens with zero attached hydrogens (tertiary/aromatic N) is 1. The zero-order valence-corrected chi connectivity index (χ0v) is 18.8. The molecule has 0 bridgehead atoms. The number of hydrogen-bond donors (Lipinski definition) is 2. The molecule has 0 atom stereocenters. The molecule has 0 fully saturated rings. The molecule has 150 valence electrons. The normalized spacial score (nSPS) is 11.4. The summed E-state index contributed by atoms with van der Waals surface area (Å²) in [4.78, 5) is 0. The van der Waals surface area contributed by atoms with Crippen LogP contribution in [0.5, 0.6) is 5.75 Å². The van der Waals surface area contributed by atoms with Crippen molar-refractivity contribution in [2.75, 3.05) is 11.9 Å². The van der Waals surface area contributed by atoms with Crippen molar-refractivity contribution in [1.29, 1.82) is 0 Å². The molecule has 4 nitrogen and oxygen atoms in total. The Bertz CT molecular complexity index is 1070. The van der Waals surface area contributed by atoms with Crippen molar-refractivity contribution in [3.05, 3.63) is 86.3 Å². The third-order valence-electron chi connectivity index (χ3n) is 4.56. The van der Waals surface area contributed by atoms with Crippen LogP contribution in [0.4, 0.5) is 11.4 Å². The number of benzene rings is 3. The number of oxime groups is 1. The van der Waals surface area contributed by atoms with Gasteiger partial charge >= 0.3 is 0 Å². The van der Waals surface area contributed by atoms with Crippen LogP contribution in [0.25, 0.3) is 0 Å². The van der Waals surface area contributed by atoms with E-state index in [9.17, 15) is 5.21 Å². The second kappa shape index (κ2) is 9.33. The predicted octanol–water partition coefficient (Wildman–Crippen LogP) is 7.09. The first-order valence-electron chi connectivity index (χ1n) is 9.22.